The quantitative estimate of drug-likeness (QED) is 0.375. The number of aliphatic imine (C=N–C) groups is 1. The molecular formula is C21H20BrCl2N3O4S. The number of rotatable bonds is 7. The number of esters is 2. The second-order valence-electron chi connectivity index (χ2n) is 7.07. The average Bonchev–Trinajstić information content (AvgIpc) is 3.27. The summed E-state index contributed by atoms with van der Waals surface area (Å²) in [6.45, 7) is 4.90. The van der Waals surface area contributed by atoms with Gasteiger partial charge in [0.15, 0.2) is 16.9 Å². The van der Waals surface area contributed by atoms with Crippen LogP contribution in [0.5, 0.6) is 0 Å². The predicted octanol–water partition coefficient (Wildman–Crippen LogP) is 5.07. The van der Waals surface area contributed by atoms with E-state index in [0.29, 0.717) is 37.5 Å². The van der Waals surface area contributed by atoms with Crippen LogP contribution in [-0.4, -0.2) is 40.3 Å². The number of nitrogens with zero attached hydrogens (tertiary/aromatic N) is 2. The van der Waals surface area contributed by atoms with Crippen LogP contribution in [0.2, 0.25) is 10.0 Å². The fraction of sp³-hybridized carbons (Fsp3) is 0.333. The Hall–Kier alpha value is -1.94. The van der Waals surface area contributed by atoms with Crippen LogP contribution >= 0.6 is 50.5 Å². The first kappa shape index (κ1) is 24.7. The molecule has 0 radical (unpaired) electrons. The molecule has 0 aliphatic carbocycles. The van der Waals surface area contributed by atoms with Gasteiger partial charge >= 0.3 is 11.9 Å². The fourth-order valence-corrected chi connectivity index (χ4v) is 4.48. The third kappa shape index (κ3) is 5.70. The molecule has 11 heteroatoms. The van der Waals surface area contributed by atoms with Crippen molar-refractivity contribution >= 4 is 68.2 Å². The second-order valence-corrected chi connectivity index (χ2v) is 9.37. The molecular weight excluding hydrogens is 541 g/mol. The van der Waals surface area contributed by atoms with Crippen molar-refractivity contribution in [3.63, 3.8) is 0 Å². The van der Waals surface area contributed by atoms with E-state index in [9.17, 15) is 9.59 Å². The van der Waals surface area contributed by atoms with Crippen LogP contribution in [0.4, 0.5) is 0 Å². The molecule has 170 valence electrons. The first-order valence-electron chi connectivity index (χ1n) is 9.61. The Labute approximate surface area is 208 Å². The number of benzene rings is 1. The van der Waals surface area contributed by atoms with Gasteiger partial charge in [-0.25, -0.2) is 14.6 Å². The molecule has 2 aromatic rings. The highest BCUT2D eigenvalue weighted by molar-refractivity contribution is 9.09. The molecule has 1 aromatic carbocycles. The molecule has 0 bridgehead atoms. The summed E-state index contributed by atoms with van der Waals surface area (Å²) in [4.78, 5) is 34.4. The zero-order chi connectivity index (χ0) is 23.4. The Balaban J connectivity index is 2.02. The van der Waals surface area contributed by atoms with E-state index in [1.165, 1.54) is 18.3 Å². The first-order chi connectivity index (χ1) is 15.2. The van der Waals surface area contributed by atoms with Crippen molar-refractivity contribution in [1.29, 1.82) is 0 Å². The van der Waals surface area contributed by atoms with Crippen LogP contribution in [0.1, 0.15) is 37.4 Å². The Bertz CT molecular complexity index is 1070. The minimum Gasteiger partial charge on any atom is -0.460 e. The third-order valence-corrected chi connectivity index (χ3v) is 6.24. The molecule has 1 N–H and O–H groups in total. The van der Waals surface area contributed by atoms with Crippen LogP contribution in [0.3, 0.4) is 0 Å². The van der Waals surface area contributed by atoms with E-state index in [4.69, 9.17) is 37.7 Å². The van der Waals surface area contributed by atoms with E-state index in [0.717, 1.165) is 0 Å². The minimum atomic E-state index is -1.10. The summed E-state index contributed by atoms with van der Waals surface area (Å²) in [5.74, 6) is -0.849. The molecule has 1 aliphatic rings. The molecule has 2 atom stereocenters. The Morgan fingerprint density at radius 2 is 2.00 bits per heavy atom. The van der Waals surface area contributed by atoms with Crippen molar-refractivity contribution in [1.82, 2.24) is 10.3 Å². The van der Waals surface area contributed by atoms with E-state index in [2.05, 4.69) is 26.2 Å². The first-order valence-corrected chi connectivity index (χ1v) is 12.4. The van der Waals surface area contributed by atoms with Crippen molar-refractivity contribution in [2.45, 2.75) is 39.0 Å². The number of halogens is 3. The van der Waals surface area contributed by atoms with E-state index in [-0.39, 0.29) is 11.7 Å². The molecule has 2 unspecified atom stereocenters. The second kappa shape index (κ2) is 10.8. The molecule has 1 aromatic heterocycles. The van der Waals surface area contributed by atoms with Gasteiger partial charge < -0.3 is 14.8 Å². The lowest BCUT2D eigenvalue weighted by Gasteiger charge is -2.27. The highest BCUT2D eigenvalue weighted by Crippen LogP contribution is 2.37. The van der Waals surface area contributed by atoms with Gasteiger partial charge in [0.05, 0.1) is 11.7 Å². The summed E-state index contributed by atoms with van der Waals surface area (Å²) in [6, 6.07) is 4.16. The number of carbonyl (C=O) groups excluding carboxylic acids is 2. The molecule has 32 heavy (non-hydrogen) atoms. The van der Waals surface area contributed by atoms with E-state index < -0.39 is 24.1 Å². The van der Waals surface area contributed by atoms with Gasteiger partial charge in [-0.1, -0.05) is 45.2 Å². The SMILES string of the molecule is CC(C)OC(=O)C(C)OC(=O)C1=C(CBr)NC(c2nccs2)=NC1c1ccc(Cl)cc1Cl. The zero-order valence-electron chi connectivity index (χ0n) is 17.4. The van der Waals surface area contributed by atoms with Crippen molar-refractivity contribution in [3.05, 3.63) is 61.7 Å². The Kier molecular flexibility index (Phi) is 8.32. The maximum Gasteiger partial charge on any atom is 0.347 e. The maximum atomic E-state index is 13.2. The van der Waals surface area contributed by atoms with Gasteiger partial charge in [0.2, 0.25) is 0 Å². The van der Waals surface area contributed by atoms with Gasteiger partial charge in [-0.2, -0.15) is 0 Å². The highest BCUT2D eigenvalue weighted by atomic mass is 79.9. The fourth-order valence-electron chi connectivity index (χ4n) is 2.94. The van der Waals surface area contributed by atoms with Crippen LogP contribution in [0.15, 0.2) is 46.0 Å². The van der Waals surface area contributed by atoms with Crippen LogP contribution in [0.25, 0.3) is 0 Å². The van der Waals surface area contributed by atoms with Gasteiger partial charge in [-0.15, -0.1) is 11.3 Å². The number of carbonyl (C=O) groups is 2. The summed E-state index contributed by atoms with van der Waals surface area (Å²) in [6.07, 6.45) is 0.237. The Morgan fingerprint density at radius 1 is 1.25 bits per heavy atom. The number of allylic oxidation sites excluding steroid dienone is 1. The minimum absolute atomic E-state index is 0.218. The summed E-state index contributed by atoms with van der Waals surface area (Å²) < 4.78 is 10.6. The normalized spacial score (nSPS) is 17.0. The molecule has 2 heterocycles. The third-order valence-electron chi connectivity index (χ3n) is 4.34. The molecule has 1 aliphatic heterocycles. The number of hydrogen-bond donors (Lipinski definition) is 1. The van der Waals surface area contributed by atoms with Crippen LogP contribution in [-0.2, 0) is 19.1 Å². The van der Waals surface area contributed by atoms with Crippen molar-refractivity contribution < 1.29 is 19.1 Å². The highest BCUT2D eigenvalue weighted by Gasteiger charge is 2.35. The monoisotopic (exact) mass is 559 g/mol. The lowest BCUT2D eigenvalue weighted by Crippen LogP contribution is -2.36. The van der Waals surface area contributed by atoms with Crippen LogP contribution < -0.4 is 5.32 Å². The van der Waals surface area contributed by atoms with E-state index >= 15 is 0 Å². The van der Waals surface area contributed by atoms with Gasteiger partial charge in [0, 0.05) is 38.2 Å². The number of amidine groups is 1. The summed E-state index contributed by atoms with van der Waals surface area (Å²) in [5.41, 5.74) is 1.31. The number of nitrogens with one attached hydrogen (secondary N) is 1. The predicted molar refractivity (Wildman–Crippen MR) is 129 cm³/mol. The molecule has 0 saturated heterocycles. The number of alkyl halides is 1. The Morgan fingerprint density at radius 3 is 2.59 bits per heavy atom. The topological polar surface area (TPSA) is 89.9 Å². The number of aromatic nitrogens is 1. The smallest absolute Gasteiger partial charge is 0.347 e. The van der Waals surface area contributed by atoms with Crippen molar-refractivity contribution in [3.8, 4) is 0 Å². The molecule has 0 fully saturated rings. The lowest BCUT2D eigenvalue weighted by molar-refractivity contribution is -0.167. The molecule has 0 saturated carbocycles. The van der Waals surface area contributed by atoms with Crippen LogP contribution in [0, 0.1) is 0 Å². The summed E-state index contributed by atoms with van der Waals surface area (Å²) >= 11 is 17.3. The molecule has 3 rings (SSSR count). The number of ether oxygens (including phenoxy) is 2. The zero-order valence-corrected chi connectivity index (χ0v) is 21.3. The summed E-state index contributed by atoms with van der Waals surface area (Å²) in [7, 11) is 0. The average molecular weight is 561 g/mol. The maximum absolute atomic E-state index is 13.2. The molecule has 0 spiro atoms. The number of thiazole rings is 1. The summed E-state index contributed by atoms with van der Waals surface area (Å²) in [5, 5.41) is 6.73. The molecule has 0 amide bonds. The van der Waals surface area contributed by atoms with Crippen molar-refractivity contribution in [2.75, 3.05) is 5.33 Å². The lowest BCUT2D eigenvalue weighted by atomic mass is 9.96. The van der Waals surface area contributed by atoms with Gasteiger partial charge in [-0.3, -0.25) is 4.99 Å². The largest absolute Gasteiger partial charge is 0.460 e. The standard InChI is InChI=1S/C21H20BrCl2N3O4S/c1-10(2)30-20(28)11(3)31-21(29)16-15(9-22)26-18(19-25-6-7-32-19)27-17(16)13-5-4-12(23)8-14(13)24/h4-8,10-11,17H,9H2,1-3H3,(H,26,27). The van der Waals surface area contributed by atoms with Gasteiger partial charge in [-0.05, 0) is 32.9 Å². The number of hydrogen-bond acceptors (Lipinski definition) is 8. The van der Waals surface area contributed by atoms with Crippen molar-refractivity contribution in [2.24, 2.45) is 4.99 Å². The van der Waals surface area contributed by atoms with Gasteiger partial charge in [0.25, 0.3) is 0 Å². The van der Waals surface area contributed by atoms with Gasteiger partial charge in [0.1, 0.15) is 6.04 Å². The van der Waals surface area contributed by atoms with E-state index in [1.54, 1.807) is 38.2 Å². The molecule has 7 nitrogen and oxygen atoms in total. The van der Waals surface area contributed by atoms with E-state index in [1.807, 2.05) is 5.38 Å².